The van der Waals surface area contributed by atoms with Crippen LogP contribution in [0.15, 0.2) is 198 Å². The second-order valence-electron chi connectivity index (χ2n) is 13.1. The molecule has 0 spiro atoms. The number of para-hydroxylation sites is 5. The number of benzene rings is 8. The average molecular weight is 729 g/mol. The van der Waals surface area contributed by atoms with E-state index in [1.807, 2.05) is 66.7 Å². The zero-order valence-corrected chi connectivity index (χ0v) is 29.2. The van der Waals surface area contributed by atoms with Gasteiger partial charge in [0.25, 0.3) is 0 Å². The standard InChI is InChI=1S/C51H32N4O/c1-2-15-33(16-3-1)34-17-12-19-36(31-34)49-52-50(37-20-13-18-35(32-37)38-25-14-26-42-41-23-7-11-30-47(41)56-48(38)42)54-51(53-49)43-24-6-10-29-46(43)55-44-27-8-4-21-39(44)40-22-5-9-28-45(40)55/h1-32H/i1D,2D,3D,4D,5D,8D,15D,16D,21D,22D,27D,28D. The molecule has 0 aliphatic rings. The predicted octanol–water partition coefficient (Wildman–Crippen LogP) is 13.2. The van der Waals surface area contributed by atoms with Crippen LogP contribution in [0.25, 0.3) is 106 Å². The largest absolute Gasteiger partial charge is 0.455 e. The first-order valence-electron chi connectivity index (χ1n) is 23.8. The average Bonchev–Trinajstić information content (AvgIpc) is 3.93. The van der Waals surface area contributed by atoms with Crippen LogP contribution in [0.1, 0.15) is 16.4 Å². The van der Waals surface area contributed by atoms with E-state index in [1.54, 1.807) is 48.5 Å². The van der Waals surface area contributed by atoms with E-state index in [2.05, 4.69) is 0 Å². The second-order valence-corrected chi connectivity index (χ2v) is 13.1. The van der Waals surface area contributed by atoms with Crippen molar-refractivity contribution >= 4 is 43.7 Å². The Kier molecular flexibility index (Phi) is 5.10. The molecule has 11 rings (SSSR count). The predicted molar refractivity (Wildman–Crippen MR) is 229 cm³/mol. The van der Waals surface area contributed by atoms with Crippen LogP contribution in [-0.4, -0.2) is 19.5 Å². The third-order valence-electron chi connectivity index (χ3n) is 9.85. The van der Waals surface area contributed by atoms with Crippen molar-refractivity contribution in [2.75, 3.05) is 0 Å². The molecule has 0 aliphatic heterocycles. The van der Waals surface area contributed by atoms with Crippen molar-refractivity contribution in [2.45, 2.75) is 0 Å². The summed E-state index contributed by atoms with van der Waals surface area (Å²) in [5.74, 6) is 0.491. The van der Waals surface area contributed by atoms with Crippen LogP contribution >= 0.6 is 0 Å². The van der Waals surface area contributed by atoms with E-state index < -0.39 is 42.3 Å². The summed E-state index contributed by atoms with van der Waals surface area (Å²) >= 11 is 0. The van der Waals surface area contributed by atoms with Gasteiger partial charge in [-0.05, 0) is 59.1 Å². The molecular formula is C51H32N4O. The Hall–Kier alpha value is -7.63. The third-order valence-corrected chi connectivity index (χ3v) is 9.85. The smallest absolute Gasteiger partial charge is 0.166 e. The molecule has 0 aliphatic carbocycles. The SMILES string of the molecule is [2H]c1cc([2H])c2c(c1[2H])c1c([2H])c([2H])c([2H])c([2H])c1n2-c1ccccc1-c1nc(-c2cccc(-c3c([2H])c([2H])c([2H])c([2H])c3[2H])c2)nc(-c2cccc(-c3cccc4c3oc3ccccc34)c2)n1. The van der Waals surface area contributed by atoms with Crippen LogP contribution in [-0.2, 0) is 0 Å². The number of nitrogens with zero attached hydrogens (tertiary/aromatic N) is 4. The zero-order chi connectivity index (χ0) is 47.4. The zero-order valence-electron chi connectivity index (χ0n) is 41.2. The van der Waals surface area contributed by atoms with E-state index in [1.165, 1.54) is 10.6 Å². The molecule has 11 aromatic rings. The molecule has 3 heterocycles. The first-order chi connectivity index (χ1) is 32.7. The fourth-order valence-electron chi connectivity index (χ4n) is 7.33. The van der Waals surface area contributed by atoms with Gasteiger partial charge in [0.15, 0.2) is 17.5 Å². The lowest BCUT2D eigenvalue weighted by molar-refractivity contribution is 0.670. The van der Waals surface area contributed by atoms with E-state index >= 15 is 0 Å². The molecule has 56 heavy (non-hydrogen) atoms. The molecule has 0 saturated carbocycles. The van der Waals surface area contributed by atoms with Gasteiger partial charge in [0.2, 0.25) is 0 Å². The molecule has 0 N–H and O–H groups in total. The quantitative estimate of drug-likeness (QED) is 0.171. The number of furan rings is 1. The van der Waals surface area contributed by atoms with E-state index in [-0.39, 0.29) is 75.1 Å². The van der Waals surface area contributed by atoms with Gasteiger partial charge in [0.05, 0.1) is 33.2 Å². The van der Waals surface area contributed by atoms with Crippen LogP contribution in [0.5, 0.6) is 0 Å². The maximum absolute atomic E-state index is 9.15. The molecule has 3 aromatic heterocycles. The summed E-state index contributed by atoms with van der Waals surface area (Å²) in [4.78, 5) is 15.1. The Bertz CT molecular complexity index is 3950. The number of hydrogen-bond donors (Lipinski definition) is 0. The fourth-order valence-corrected chi connectivity index (χ4v) is 7.33. The molecule has 8 aromatic carbocycles. The molecule has 5 nitrogen and oxygen atoms in total. The van der Waals surface area contributed by atoms with E-state index in [9.17, 15) is 0 Å². The fraction of sp³-hybridized carbons (Fsp3) is 0. The van der Waals surface area contributed by atoms with Crippen molar-refractivity contribution in [3.05, 3.63) is 194 Å². The number of aromatic nitrogens is 4. The van der Waals surface area contributed by atoms with Gasteiger partial charge in [-0.2, -0.15) is 0 Å². The maximum atomic E-state index is 9.15. The molecule has 0 fully saturated rings. The summed E-state index contributed by atoms with van der Waals surface area (Å²) < 4.78 is 112. The first-order valence-corrected chi connectivity index (χ1v) is 17.8. The van der Waals surface area contributed by atoms with Crippen LogP contribution in [0.4, 0.5) is 0 Å². The Morgan fingerprint density at radius 3 is 1.88 bits per heavy atom. The van der Waals surface area contributed by atoms with E-state index in [0.29, 0.717) is 33.5 Å². The number of rotatable bonds is 6. The minimum absolute atomic E-state index is 0.000613. The number of fused-ring (bicyclic) bond motifs is 6. The third kappa shape index (κ3) is 5.29. The molecule has 0 amide bonds. The Morgan fingerprint density at radius 1 is 0.411 bits per heavy atom. The lowest BCUT2D eigenvalue weighted by atomic mass is 10.00. The van der Waals surface area contributed by atoms with E-state index in [0.717, 1.165) is 27.5 Å². The van der Waals surface area contributed by atoms with Crippen molar-refractivity contribution in [3.63, 3.8) is 0 Å². The van der Waals surface area contributed by atoms with Gasteiger partial charge in [0, 0.05) is 43.8 Å². The Labute approximate surface area is 339 Å². The van der Waals surface area contributed by atoms with Gasteiger partial charge >= 0.3 is 0 Å². The van der Waals surface area contributed by atoms with E-state index in [4.69, 9.17) is 35.8 Å². The highest BCUT2D eigenvalue weighted by molar-refractivity contribution is 6.10. The highest BCUT2D eigenvalue weighted by Crippen LogP contribution is 2.39. The van der Waals surface area contributed by atoms with Gasteiger partial charge in [-0.15, -0.1) is 0 Å². The molecule has 0 unspecified atom stereocenters. The summed E-state index contributed by atoms with van der Waals surface area (Å²) in [6.07, 6.45) is 0. The molecule has 0 radical (unpaired) electrons. The molecule has 262 valence electrons. The second kappa shape index (κ2) is 13.0. The topological polar surface area (TPSA) is 56.7 Å². The number of hydrogen-bond acceptors (Lipinski definition) is 4. The van der Waals surface area contributed by atoms with Gasteiger partial charge in [0.1, 0.15) is 11.2 Å². The minimum Gasteiger partial charge on any atom is -0.455 e. The normalized spacial score (nSPS) is 14.6. The molecule has 0 bridgehead atoms. The van der Waals surface area contributed by atoms with Gasteiger partial charge in [-0.1, -0.05) is 151 Å². The minimum atomic E-state index is -0.521. The summed E-state index contributed by atoms with van der Waals surface area (Å²) in [5, 5.41) is 1.95. The van der Waals surface area contributed by atoms with Crippen LogP contribution in [0, 0.1) is 0 Å². The van der Waals surface area contributed by atoms with Gasteiger partial charge < -0.3 is 8.98 Å². The highest BCUT2D eigenvalue weighted by atomic mass is 16.3. The van der Waals surface area contributed by atoms with Crippen molar-refractivity contribution < 1.29 is 20.9 Å². The summed E-state index contributed by atoms with van der Waals surface area (Å²) in [5.41, 5.74) is 5.17. The molecule has 0 saturated heterocycles. The molecular weight excluding hydrogens is 685 g/mol. The molecule has 5 heteroatoms. The van der Waals surface area contributed by atoms with Crippen molar-refractivity contribution in [1.82, 2.24) is 19.5 Å². The Balaban J connectivity index is 1.18. The van der Waals surface area contributed by atoms with Crippen LogP contribution < -0.4 is 0 Å². The highest BCUT2D eigenvalue weighted by Gasteiger charge is 2.20. The summed E-state index contributed by atoms with van der Waals surface area (Å²) in [6.45, 7) is 0. The van der Waals surface area contributed by atoms with Gasteiger partial charge in [-0.25, -0.2) is 15.0 Å². The monoisotopic (exact) mass is 728 g/mol. The van der Waals surface area contributed by atoms with Crippen molar-refractivity contribution in [3.8, 4) is 62.1 Å². The van der Waals surface area contributed by atoms with Crippen molar-refractivity contribution in [2.24, 2.45) is 0 Å². The summed E-state index contributed by atoms with van der Waals surface area (Å²) in [6, 6.07) is 31.4. The molecule has 0 atom stereocenters. The van der Waals surface area contributed by atoms with Crippen LogP contribution in [0.3, 0.4) is 0 Å². The summed E-state index contributed by atoms with van der Waals surface area (Å²) in [7, 11) is 0. The Morgan fingerprint density at radius 2 is 1.02 bits per heavy atom. The van der Waals surface area contributed by atoms with Gasteiger partial charge in [-0.3, -0.25) is 0 Å². The lowest BCUT2D eigenvalue weighted by Crippen LogP contribution is -2.03. The first kappa shape index (κ1) is 21.9. The lowest BCUT2D eigenvalue weighted by Gasteiger charge is -2.15. The van der Waals surface area contributed by atoms with Crippen molar-refractivity contribution in [1.29, 1.82) is 0 Å². The van der Waals surface area contributed by atoms with Crippen LogP contribution in [0.2, 0.25) is 0 Å². The maximum Gasteiger partial charge on any atom is 0.166 e.